The molecule has 18 heavy (non-hydrogen) atoms. The summed E-state index contributed by atoms with van der Waals surface area (Å²) in [5.74, 6) is -2.56. The molecule has 0 spiro atoms. The third-order valence-electron chi connectivity index (χ3n) is 3.66. The normalized spacial score (nSPS) is 25.9. The number of alkyl halides is 2. The second-order valence-corrected chi connectivity index (χ2v) is 5.22. The van der Waals surface area contributed by atoms with Crippen LogP contribution < -0.4 is 10.6 Å². The SMILES string of the molecule is O=C(CN1CCNCC1)NC1CCC(F)(F)CC1. The van der Waals surface area contributed by atoms with Crippen LogP contribution in [0.25, 0.3) is 0 Å². The summed E-state index contributed by atoms with van der Waals surface area (Å²) in [7, 11) is 0. The molecule has 0 bridgehead atoms. The predicted molar refractivity (Wildman–Crippen MR) is 64.7 cm³/mol. The van der Waals surface area contributed by atoms with Crippen molar-refractivity contribution in [2.45, 2.75) is 37.6 Å². The van der Waals surface area contributed by atoms with E-state index in [9.17, 15) is 13.6 Å². The fourth-order valence-electron chi connectivity index (χ4n) is 2.53. The zero-order valence-electron chi connectivity index (χ0n) is 10.6. The Morgan fingerprint density at radius 3 is 2.50 bits per heavy atom. The molecule has 104 valence electrons. The highest BCUT2D eigenvalue weighted by Gasteiger charge is 2.35. The number of hydrogen-bond donors (Lipinski definition) is 2. The van der Waals surface area contributed by atoms with Crippen LogP contribution in [0.4, 0.5) is 8.78 Å². The summed E-state index contributed by atoms with van der Waals surface area (Å²) >= 11 is 0. The molecule has 1 saturated carbocycles. The monoisotopic (exact) mass is 261 g/mol. The maximum Gasteiger partial charge on any atom is 0.248 e. The van der Waals surface area contributed by atoms with Crippen LogP contribution in [0.15, 0.2) is 0 Å². The van der Waals surface area contributed by atoms with Gasteiger partial charge in [0.05, 0.1) is 6.54 Å². The van der Waals surface area contributed by atoms with Crippen molar-refractivity contribution >= 4 is 5.91 Å². The Labute approximate surface area is 106 Å². The molecule has 1 saturated heterocycles. The van der Waals surface area contributed by atoms with Gasteiger partial charge in [-0.25, -0.2) is 8.78 Å². The summed E-state index contributed by atoms with van der Waals surface area (Å²) in [6.07, 6.45) is 0.567. The average Bonchev–Trinajstić information content (AvgIpc) is 2.33. The minimum absolute atomic E-state index is 0.0351. The lowest BCUT2D eigenvalue weighted by molar-refractivity contribution is -0.124. The zero-order valence-corrected chi connectivity index (χ0v) is 10.6. The van der Waals surface area contributed by atoms with Gasteiger partial charge in [0.1, 0.15) is 0 Å². The molecule has 4 nitrogen and oxygen atoms in total. The standard InChI is InChI=1S/C12H21F2N3O/c13-12(14)3-1-10(2-4-12)16-11(18)9-17-7-5-15-6-8-17/h10,15H,1-9H2,(H,16,18). The smallest absolute Gasteiger partial charge is 0.248 e. The Balaban J connectivity index is 1.68. The van der Waals surface area contributed by atoms with Gasteiger partial charge in [-0.15, -0.1) is 0 Å². The van der Waals surface area contributed by atoms with E-state index in [1.807, 2.05) is 0 Å². The van der Waals surface area contributed by atoms with Crippen LogP contribution in [0.1, 0.15) is 25.7 Å². The first-order chi connectivity index (χ1) is 8.55. The number of nitrogens with one attached hydrogen (secondary N) is 2. The molecular weight excluding hydrogens is 240 g/mol. The molecule has 1 aliphatic carbocycles. The van der Waals surface area contributed by atoms with Gasteiger partial charge in [-0.1, -0.05) is 0 Å². The quantitative estimate of drug-likeness (QED) is 0.781. The average molecular weight is 261 g/mol. The fraction of sp³-hybridized carbons (Fsp3) is 0.917. The second kappa shape index (κ2) is 5.93. The molecule has 2 N–H and O–H groups in total. The summed E-state index contributed by atoms with van der Waals surface area (Å²) < 4.78 is 25.9. The third-order valence-corrected chi connectivity index (χ3v) is 3.66. The van der Waals surface area contributed by atoms with Crippen LogP contribution >= 0.6 is 0 Å². The Morgan fingerprint density at radius 2 is 1.89 bits per heavy atom. The molecule has 1 amide bonds. The highest BCUT2D eigenvalue weighted by molar-refractivity contribution is 5.78. The van der Waals surface area contributed by atoms with E-state index in [0.29, 0.717) is 19.4 Å². The summed E-state index contributed by atoms with van der Waals surface area (Å²) in [6, 6.07) is -0.0694. The number of nitrogens with zero attached hydrogens (tertiary/aromatic N) is 1. The van der Waals surface area contributed by atoms with Gasteiger partial charge < -0.3 is 10.6 Å². The second-order valence-electron chi connectivity index (χ2n) is 5.22. The van der Waals surface area contributed by atoms with Crippen molar-refractivity contribution in [1.29, 1.82) is 0 Å². The minimum atomic E-state index is -2.53. The first kappa shape index (κ1) is 13.7. The molecule has 0 aromatic carbocycles. The maximum absolute atomic E-state index is 13.0. The lowest BCUT2D eigenvalue weighted by Gasteiger charge is -2.30. The summed E-state index contributed by atoms with van der Waals surface area (Å²) in [4.78, 5) is 13.9. The van der Waals surface area contributed by atoms with Crippen LogP contribution in [0.5, 0.6) is 0 Å². The number of rotatable bonds is 3. The maximum atomic E-state index is 13.0. The van der Waals surface area contributed by atoms with Gasteiger partial charge >= 0.3 is 0 Å². The van der Waals surface area contributed by atoms with Gasteiger partial charge in [-0.05, 0) is 12.8 Å². The van der Waals surface area contributed by atoms with E-state index in [-0.39, 0.29) is 24.8 Å². The van der Waals surface area contributed by atoms with E-state index in [2.05, 4.69) is 15.5 Å². The molecule has 1 aliphatic heterocycles. The van der Waals surface area contributed by atoms with Gasteiger partial charge in [-0.2, -0.15) is 0 Å². The highest BCUT2D eigenvalue weighted by atomic mass is 19.3. The zero-order chi connectivity index (χ0) is 13.0. The molecule has 2 aliphatic rings. The molecule has 0 aromatic rings. The molecule has 2 rings (SSSR count). The molecule has 1 heterocycles. The Morgan fingerprint density at radius 1 is 1.28 bits per heavy atom. The van der Waals surface area contributed by atoms with Crippen LogP contribution in [0, 0.1) is 0 Å². The van der Waals surface area contributed by atoms with Gasteiger partial charge in [0.15, 0.2) is 0 Å². The van der Waals surface area contributed by atoms with Crippen molar-refractivity contribution in [1.82, 2.24) is 15.5 Å². The number of halogens is 2. The van der Waals surface area contributed by atoms with E-state index in [0.717, 1.165) is 26.2 Å². The Bertz CT molecular complexity index is 283. The molecular formula is C12H21F2N3O. The number of hydrogen-bond acceptors (Lipinski definition) is 3. The largest absolute Gasteiger partial charge is 0.352 e. The lowest BCUT2D eigenvalue weighted by Crippen LogP contribution is -2.49. The summed E-state index contributed by atoms with van der Waals surface area (Å²) in [5.41, 5.74) is 0. The Kier molecular flexibility index (Phi) is 4.50. The van der Waals surface area contributed by atoms with Crippen molar-refractivity contribution in [3.63, 3.8) is 0 Å². The molecule has 0 aromatic heterocycles. The molecule has 0 unspecified atom stereocenters. The van der Waals surface area contributed by atoms with Crippen molar-refractivity contribution in [3.8, 4) is 0 Å². The number of piperazine rings is 1. The third kappa shape index (κ3) is 4.17. The molecule has 0 radical (unpaired) electrons. The topological polar surface area (TPSA) is 44.4 Å². The van der Waals surface area contributed by atoms with Crippen molar-refractivity contribution in [3.05, 3.63) is 0 Å². The first-order valence-corrected chi connectivity index (χ1v) is 6.65. The fourth-order valence-corrected chi connectivity index (χ4v) is 2.53. The predicted octanol–water partition coefficient (Wildman–Crippen LogP) is 0.586. The number of carbonyl (C=O) groups excluding carboxylic acids is 1. The summed E-state index contributed by atoms with van der Waals surface area (Å²) in [6.45, 7) is 3.94. The van der Waals surface area contributed by atoms with E-state index in [1.165, 1.54) is 0 Å². The molecule has 6 heteroatoms. The first-order valence-electron chi connectivity index (χ1n) is 6.65. The van der Waals surface area contributed by atoms with Gasteiger partial charge in [0.25, 0.3) is 0 Å². The lowest BCUT2D eigenvalue weighted by atomic mass is 9.92. The molecule has 2 fully saturated rings. The van der Waals surface area contributed by atoms with Crippen molar-refractivity contribution in [2.75, 3.05) is 32.7 Å². The number of carbonyl (C=O) groups is 1. The van der Waals surface area contributed by atoms with Gasteiger partial charge in [-0.3, -0.25) is 9.69 Å². The van der Waals surface area contributed by atoms with Crippen molar-refractivity contribution < 1.29 is 13.6 Å². The highest BCUT2D eigenvalue weighted by Crippen LogP contribution is 2.32. The Hall–Kier alpha value is -0.750. The molecule has 0 atom stereocenters. The van der Waals surface area contributed by atoms with E-state index in [1.54, 1.807) is 0 Å². The van der Waals surface area contributed by atoms with Gasteiger partial charge in [0.2, 0.25) is 11.8 Å². The van der Waals surface area contributed by atoms with Crippen LogP contribution in [0.3, 0.4) is 0 Å². The summed E-state index contributed by atoms with van der Waals surface area (Å²) in [5, 5.41) is 6.09. The number of amides is 1. The van der Waals surface area contributed by atoms with Gasteiger partial charge in [0, 0.05) is 45.1 Å². The minimum Gasteiger partial charge on any atom is -0.352 e. The van der Waals surface area contributed by atoms with Crippen LogP contribution in [-0.2, 0) is 4.79 Å². The van der Waals surface area contributed by atoms with Crippen LogP contribution in [0.2, 0.25) is 0 Å². The van der Waals surface area contributed by atoms with Crippen molar-refractivity contribution in [2.24, 2.45) is 0 Å². The van der Waals surface area contributed by atoms with E-state index in [4.69, 9.17) is 0 Å². The van der Waals surface area contributed by atoms with E-state index >= 15 is 0 Å². The van der Waals surface area contributed by atoms with Crippen LogP contribution in [-0.4, -0.2) is 55.5 Å². The van der Waals surface area contributed by atoms with E-state index < -0.39 is 5.92 Å².